The van der Waals surface area contributed by atoms with Crippen LogP contribution >= 0.6 is 7.82 Å². The number of rotatable bonds is 67. The number of carbonyl (C=O) groups is 2. The molecule has 0 rings (SSSR count). The lowest BCUT2D eigenvalue weighted by Crippen LogP contribution is -2.47. The average Bonchev–Trinajstić information content (AvgIpc) is 3.65. The molecule has 0 aliphatic heterocycles. The van der Waals surface area contributed by atoms with Gasteiger partial charge >= 0.3 is 13.8 Å². The van der Waals surface area contributed by atoms with Gasteiger partial charge in [0.25, 0.3) is 0 Å². The molecular weight excluding hydrogens is 1120 g/mol. The second-order valence-electron chi connectivity index (χ2n) is 26.1. The molecule has 9 nitrogen and oxygen atoms in total. The monoisotopic (exact) mass is 1260 g/mol. The fourth-order valence-electron chi connectivity index (χ4n) is 10.4. The Hall–Kier alpha value is -3.33. The number of nitrogens with one attached hydrogen (secondary N) is 1. The number of ether oxygens (including phenoxy) is 1. The molecule has 10 heteroatoms. The molecule has 2 N–H and O–H groups in total. The van der Waals surface area contributed by atoms with Crippen molar-refractivity contribution in [3.05, 3.63) is 109 Å². The van der Waals surface area contributed by atoms with Crippen LogP contribution in [-0.4, -0.2) is 74.3 Å². The first-order valence-corrected chi connectivity index (χ1v) is 38.7. The molecule has 0 heterocycles. The van der Waals surface area contributed by atoms with E-state index in [1.54, 1.807) is 0 Å². The van der Waals surface area contributed by atoms with Crippen LogP contribution < -0.4 is 5.32 Å². The van der Waals surface area contributed by atoms with E-state index in [0.717, 1.165) is 109 Å². The SMILES string of the molecule is CCCCC/C=C\C/C=C\C/C=C\C/C=C\CCCCCCCCCCCCCC(=O)NC(COP(=O)(O)OCC[N+](C)(C)C)C(/C=C\CCCCCCCCCCCCC)OC(=O)CCCCCCCCC/C=C\C/C=C\C/C=C\C/C=C\CCCCC. The number of hydrogen-bond acceptors (Lipinski definition) is 6. The van der Waals surface area contributed by atoms with Crippen molar-refractivity contribution < 1.29 is 37.3 Å². The summed E-state index contributed by atoms with van der Waals surface area (Å²) < 4.78 is 30.9. The van der Waals surface area contributed by atoms with Gasteiger partial charge in [0, 0.05) is 12.8 Å². The van der Waals surface area contributed by atoms with Gasteiger partial charge in [0.1, 0.15) is 19.3 Å². The van der Waals surface area contributed by atoms with E-state index < -0.39 is 20.0 Å². The minimum absolute atomic E-state index is 0.0333. The number of allylic oxidation sites excluding steroid dienone is 17. The number of amides is 1. The van der Waals surface area contributed by atoms with Gasteiger partial charge in [0.05, 0.1) is 33.8 Å². The van der Waals surface area contributed by atoms with Crippen LogP contribution in [0.2, 0.25) is 0 Å². The highest BCUT2D eigenvalue weighted by Crippen LogP contribution is 2.43. The van der Waals surface area contributed by atoms with Crippen molar-refractivity contribution in [2.45, 2.75) is 341 Å². The van der Waals surface area contributed by atoms with Gasteiger partial charge in [0.2, 0.25) is 5.91 Å². The lowest BCUT2D eigenvalue weighted by Gasteiger charge is -2.27. The number of phosphoric acid groups is 1. The summed E-state index contributed by atoms with van der Waals surface area (Å²) >= 11 is 0. The third-order valence-corrected chi connectivity index (χ3v) is 17.2. The Morgan fingerprint density at radius 3 is 1.04 bits per heavy atom. The molecule has 0 bridgehead atoms. The first kappa shape index (κ1) is 85.7. The van der Waals surface area contributed by atoms with E-state index in [2.05, 4.69) is 123 Å². The summed E-state index contributed by atoms with van der Waals surface area (Å²) in [5, 5.41) is 3.07. The summed E-state index contributed by atoms with van der Waals surface area (Å²) in [6.45, 7) is 6.97. The minimum Gasteiger partial charge on any atom is -0.456 e. The summed E-state index contributed by atoms with van der Waals surface area (Å²) in [4.78, 5) is 38.0. The number of likely N-dealkylation sites (N-methyl/N-ethyl adjacent to an activating group) is 1. The highest BCUT2D eigenvalue weighted by atomic mass is 31.2. The van der Waals surface area contributed by atoms with Gasteiger partial charge in [-0.2, -0.15) is 0 Å². The van der Waals surface area contributed by atoms with Crippen molar-refractivity contribution in [2.75, 3.05) is 40.9 Å². The molecule has 0 aromatic heterocycles. The van der Waals surface area contributed by atoms with Crippen molar-refractivity contribution in [2.24, 2.45) is 0 Å². The number of quaternary nitrogens is 1. The van der Waals surface area contributed by atoms with Crippen LogP contribution in [0.3, 0.4) is 0 Å². The highest BCUT2D eigenvalue weighted by Gasteiger charge is 2.30. The molecule has 0 aliphatic carbocycles. The molecule has 0 aliphatic rings. The number of phosphoric ester groups is 1. The molecule has 0 spiro atoms. The van der Waals surface area contributed by atoms with Crippen molar-refractivity contribution in [3.8, 4) is 0 Å². The third kappa shape index (κ3) is 68.9. The smallest absolute Gasteiger partial charge is 0.456 e. The fourth-order valence-corrected chi connectivity index (χ4v) is 11.2. The molecule has 0 aromatic rings. The van der Waals surface area contributed by atoms with E-state index in [1.807, 2.05) is 33.3 Å². The summed E-state index contributed by atoms with van der Waals surface area (Å²) in [6, 6.07) is -0.863. The van der Waals surface area contributed by atoms with Crippen molar-refractivity contribution >= 4 is 19.7 Å². The number of unbranched alkanes of at least 4 members (excludes halogenated alkanes) is 35. The van der Waals surface area contributed by atoms with Crippen LogP contribution in [0.1, 0.15) is 329 Å². The van der Waals surface area contributed by atoms with Crippen LogP contribution in [0, 0.1) is 0 Å². The van der Waals surface area contributed by atoms with Gasteiger partial charge < -0.3 is 19.4 Å². The van der Waals surface area contributed by atoms with E-state index in [-0.39, 0.29) is 31.5 Å². The fraction of sp³-hybridized carbons (Fsp3) is 0.747. The minimum atomic E-state index is -4.47. The van der Waals surface area contributed by atoms with E-state index in [0.29, 0.717) is 17.4 Å². The van der Waals surface area contributed by atoms with Gasteiger partial charge in [0.15, 0.2) is 0 Å². The highest BCUT2D eigenvalue weighted by molar-refractivity contribution is 7.47. The molecular formula is C79H142N2O7P+. The van der Waals surface area contributed by atoms with Crippen LogP contribution in [-0.2, 0) is 27.9 Å². The summed E-state index contributed by atoms with van der Waals surface area (Å²) in [7, 11) is 1.48. The third-order valence-electron chi connectivity index (χ3n) is 16.2. The second kappa shape index (κ2) is 67.6. The lowest BCUT2D eigenvalue weighted by atomic mass is 10.0. The second-order valence-corrected chi connectivity index (χ2v) is 27.6. The predicted molar refractivity (Wildman–Crippen MR) is 387 cm³/mol. The number of esters is 1. The van der Waals surface area contributed by atoms with Gasteiger partial charge in [-0.15, -0.1) is 0 Å². The zero-order chi connectivity index (χ0) is 64.9. The average molecular weight is 1260 g/mol. The van der Waals surface area contributed by atoms with Crippen molar-refractivity contribution in [1.29, 1.82) is 0 Å². The Morgan fingerprint density at radius 1 is 0.393 bits per heavy atom. The lowest BCUT2D eigenvalue weighted by molar-refractivity contribution is -0.870. The van der Waals surface area contributed by atoms with Crippen molar-refractivity contribution in [1.82, 2.24) is 5.32 Å². The number of carbonyl (C=O) groups excluding carboxylic acids is 2. The molecule has 3 atom stereocenters. The maximum absolute atomic E-state index is 13.7. The first-order chi connectivity index (χ1) is 43.4. The van der Waals surface area contributed by atoms with Gasteiger partial charge in [-0.3, -0.25) is 18.6 Å². The van der Waals surface area contributed by atoms with Crippen LogP contribution in [0.25, 0.3) is 0 Å². The molecule has 0 saturated carbocycles. The van der Waals surface area contributed by atoms with E-state index >= 15 is 0 Å². The Labute approximate surface area is 551 Å². The predicted octanol–water partition coefficient (Wildman–Crippen LogP) is 24.0. The molecule has 0 radical (unpaired) electrons. The standard InChI is InChI=1S/C79H141N2O7P/c1-7-10-13-16-19-22-25-28-30-32-34-36-38-39-40-41-43-44-46-48-50-53-56-59-62-65-68-71-78(82)80-76(75-87-89(84,85)86-74-73-81(4,5)6)77(70-67-64-61-58-55-52-27-24-21-18-15-12-9-3)88-79(83)72-69-66-63-60-57-54-51-49-47-45-42-37-35-33-31-29-26-23-20-17-14-11-8-2/h19-20,22-23,28-31,34-37,39-40,45,47,67,70,76-77H,7-18,21,24-27,32-33,38,41-44,46,48-66,68-69,71-75H2,1-6H3,(H-,80,82,84,85)/p+1/b22-19-,23-20-,30-28-,31-29-,36-34-,37-35-,40-39-,47-45-,70-67-. The molecule has 0 aromatic carbocycles. The first-order valence-electron chi connectivity index (χ1n) is 37.2. The van der Waals surface area contributed by atoms with Gasteiger partial charge in [-0.05, 0) is 122 Å². The molecule has 3 unspecified atom stereocenters. The van der Waals surface area contributed by atoms with E-state index in [4.69, 9.17) is 13.8 Å². The zero-order valence-electron chi connectivity index (χ0n) is 58.9. The Balaban J connectivity index is 5.10. The molecule has 89 heavy (non-hydrogen) atoms. The zero-order valence-corrected chi connectivity index (χ0v) is 59.8. The Bertz CT molecular complexity index is 1890. The van der Waals surface area contributed by atoms with Gasteiger partial charge in [-0.25, -0.2) is 4.57 Å². The van der Waals surface area contributed by atoms with Crippen LogP contribution in [0.15, 0.2) is 109 Å². The van der Waals surface area contributed by atoms with Crippen LogP contribution in [0.5, 0.6) is 0 Å². The Morgan fingerprint density at radius 2 is 0.685 bits per heavy atom. The van der Waals surface area contributed by atoms with Crippen molar-refractivity contribution in [3.63, 3.8) is 0 Å². The normalized spacial score (nSPS) is 14.1. The molecule has 1 amide bonds. The van der Waals surface area contributed by atoms with Gasteiger partial charge in [-0.1, -0.05) is 304 Å². The largest absolute Gasteiger partial charge is 0.472 e. The van der Waals surface area contributed by atoms with Crippen LogP contribution in [0.4, 0.5) is 0 Å². The van der Waals surface area contributed by atoms with E-state index in [1.165, 1.54) is 186 Å². The van der Waals surface area contributed by atoms with E-state index in [9.17, 15) is 19.0 Å². The summed E-state index contributed by atoms with van der Waals surface area (Å²) in [5.41, 5.74) is 0. The maximum Gasteiger partial charge on any atom is 0.472 e. The number of nitrogens with zero attached hydrogens (tertiary/aromatic N) is 1. The molecule has 0 fully saturated rings. The molecule has 514 valence electrons. The number of hydrogen-bond donors (Lipinski definition) is 2. The Kier molecular flexibility index (Phi) is 65.0. The quantitative estimate of drug-likeness (QED) is 0.0205. The summed E-state index contributed by atoms with van der Waals surface area (Å²) in [5.74, 6) is -0.517. The molecule has 0 saturated heterocycles. The summed E-state index contributed by atoms with van der Waals surface area (Å²) in [6.07, 6.45) is 93.8. The maximum atomic E-state index is 13.7. The topological polar surface area (TPSA) is 111 Å².